The highest BCUT2D eigenvalue weighted by Crippen LogP contribution is 2.30. The predicted molar refractivity (Wildman–Crippen MR) is 145 cm³/mol. The van der Waals surface area contributed by atoms with Gasteiger partial charge in [0.2, 0.25) is 10.0 Å². The first kappa shape index (κ1) is 25.6. The molecule has 35 heavy (non-hydrogen) atoms. The molecule has 0 aliphatic carbocycles. The van der Waals surface area contributed by atoms with Crippen LogP contribution >= 0.6 is 27.5 Å². The van der Waals surface area contributed by atoms with Gasteiger partial charge in [-0.05, 0) is 51.5 Å². The molecule has 10 heteroatoms. The molecule has 184 valence electrons. The Morgan fingerprint density at radius 3 is 2.49 bits per heavy atom. The van der Waals surface area contributed by atoms with Crippen molar-refractivity contribution in [1.29, 1.82) is 0 Å². The molecule has 2 heterocycles. The molecule has 0 saturated heterocycles. The number of sulfonamides is 1. The molecule has 7 nitrogen and oxygen atoms in total. The normalized spacial score (nSPS) is 12.3. The van der Waals surface area contributed by atoms with E-state index >= 15 is 0 Å². The summed E-state index contributed by atoms with van der Waals surface area (Å²) in [6, 6.07) is 16.4. The van der Waals surface area contributed by atoms with Crippen molar-refractivity contribution in [2.45, 2.75) is 37.5 Å². The van der Waals surface area contributed by atoms with E-state index in [9.17, 15) is 8.42 Å². The summed E-state index contributed by atoms with van der Waals surface area (Å²) in [5, 5.41) is 8.21. The van der Waals surface area contributed by atoms with Gasteiger partial charge < -0.3 is 5.32 Å². The van der Waals surface area contributed by atoms with E-state index in [1.165, 1.54) is 0 Å². The number of hydrogen-bond acceptors (Lipinski definition) is 5. The third kappa shape index (κ3) is 5.53. The Labute approximate surface area is 219 Å². The monoisotopic (exact) mass is 575 g/mol. The van der Waals surface area contributed by atoms with Gasteiger partial charge in [-0.15, -0.1) is 0 Å². The van der Waals surface area contributed by atoms with Crippen molar-refractivity contribution in [3.05, 3.63) is 75.9 Å². The molecule has 0 aliphatic heterocycles. The maximum absolute atomic E-state index is 12.8. The molecular weight excluding hydrogens is 550 g/mol. The number of halogens is 2. The van der Waals surface area contributed by atoms with E-state index in [0.29, 0.717) is 28.7 Å². The van der Waals surface area contributed by atoms with Crippen LogP contribution in [0.2, 0.25) is 5.02 Å². The first-order valence-electron chi connectivity index (χ1n) is 11.3. The number of hydrogen-bond donors (Lipinski definition) is 2. The standard InChI is InChI=1S/C25H27BrClN5O2S/c1-4-25(2,3)17-9-11-18(12-10-17)35(33,34)30-14-13-28-23-15-22(19-7-5-6-8-21(19)27)31-24-20(26)16-29-32(23)24/h5-12,15-16,28,30H,4,13-14H2,1-3H3. The number of nitrogens with one attached hydrogen (secondary N) is 2. The number of benzene rings is 2. The average molecular weight is 577 g/mol. The number of rotatable bonds is 9. The fourth-order valence-electron chi connectivity index (χ4n) is 3.62. The van der Waals surface area contributed by atoms with E-state index in [-0.39, 0.29) is 16.9 Å². The van der Waals surface area contributed by atoms with Gasteiger partial charge in [0.25, 0.3) is 0 Å². The Hall–Kier alpha value is -2.46. The Balaban J connectivity index is 1.48. The number of aromatic nitrogens is 3. The zero-order valence-electron chi connectivity index (χ0n) is 19.7. The fourth-order valence-corrected chi connectivity index (χ4v) is 5.23. The topological polar surface area (TPSA) is 88.4 Å². The lowest BCUT2D eigenvalue weighted by molar-refractivity contribution is 0.505. The first-order valence-corrected chi connectivity index (χ1v) is 13.9. The van der Waals surface area contributed by atoms with Gasteiger partial charge >= 0.3 is 0 Å². The highest BCUT2D eigenvalue weighted by atomic mass is 79.9. The predicted octanol–water partition coefficient (Wildman–Crippen LogP) is 5.89. The molecule has 4 rings (SSSR count). The van der Waals surface area contributed by atoms with Gasteiger partial charge in [-0.1, -0.05) is 62.7 Å². The third-order valence-corrected chi connectivity index (χ3v) is 8.50. The summed E-state index contributed by atoms with van der Waals surface area (Å²) in [5.41, 5.74) is 3.22. The van der Waals surface area contributed by atoms with Gasteiger partial charge in [0.05, 0.1) is 21.3 Å². The lowest BCUT2D eigenvalue weighted by atomic mass is 9.82. The lowest BCUT2D eigenvalue weighted by Gasteiger charge is -2.23. The van der Waals surface area contributed by atoms with Crippen LogP contribution in [-0.4, -0.2) is 36.1 Å². The van der Waals surface area contributed by atoms with Crippen LogP contribution in [-0.2, 0) is 15.4 Å². The van der Waals surface area contributed by atoms with E-state index in [4.69, 9.17) is 11.6 Å². The van der Waals surface area contributed by atoms with E-state index in [0.717, 1.165) is 22.0 Å². The summed E-state index contributed by atoms with van der Waals surface area (Å²) in [6.45, 7) is 6.95. The highest BCUT2D eigenvalue weighted by molar-refractivity contribution is 9.10. The zero-order valence-corrected chi connectivity index (χ0v) is 22.9. The molecule has 0 saturated carbocycles. The minimum atomic E-state index is -3.63. The van der Waals surface area contributed by atoms with Crippen molar-refractivity contribution in [2.75, 3.05) is 18.4 Å². The van der Waals surface area contributed by atoms with Crippen LogP contribution in [0.4, 0.5) is 5.82 Å². The summed E-state index contributed by atoms with van der Waals surface area (Å²) in [5.74, 6) is 0.668. The molecule has 0 amide bonds. The number of anilines is 1. The molecule has 2 aromatic heterocycles. The van der Waals surface area contributed by atoms with Gasteiger partial charge in [-0.3, -0.25) is 0 Å². The van der Waals surface area contributed by atoms with E-state index in [1.54, 1.807) is 22.8 Å². The largest absolute Gasteiger partial charge is 0.369 e. The number of nitrogens with zero attached hydrogens (tertiary/aromatic N) is 3. The summed E-state index contributed by atoms with van der Waals surface area (Å²) in [7, 11) is -3.63. The quantitative estimate of drug-likeness (QED) is 0.243. The molecule has 0 atom stereocenters. The summed E-state index contributed by atoms with van der Waals surface area (Å²) in [6.07, 6.45) is 2.63. The fraction of sp³-hybridized carbons (Fsp3) is 0.280. The summed E-state index contributed by atoms with van der Waals surface area (Å²) in [4.78, 5) is 4.93. The average Bonchev–Trinajstić information content (AvgIpc) is 3.23. The SMILES string of the molecule is CCC(C)(C)c1ccc(S(=O)(=O)NCCNc2cc(-c3ccccc3Cl)nc3c(Br)cnn23)cc1. The number of fused-ring (bicyclic) bond motifs is 1. The van der Waals surface area contributed by atoms with Crippen LogP contribution in [0.25, 0.3) is 16.9 Å². The van der Waals surface area contributed by atoms with Crippen molar-refractivity contribution in [3.8, 4) is 11.3 Å². The Bertz CT molecular complexity index is 1450. The molecule has 2 aromatic carbocycles. The molecule has 0 bridgehead atoms. The second kappa shape index (κ2) is 10.3. The van der Waals surface area contributed by atoms with E-state index in [2.05, 4.69) is 56.8 Å². The molecule has 2 N–H and O–H groups in total. The summed E-state index contributed by atoms with van der Waals surface area (Å²) >= 11 is 9.87. The van der Waals surface area contributed by atoms with Crippen molar-refractivity contribution in [2.24, 2.45) is 0 Å². The molecule has 0 unspecified atom stereocenters. The van der Waals surface area contributed by atoms with Gasteiger partial charge in [0.15, 0.2) is 5.65 Å². The maximum Gasteiger partial charge on any atom is 0.240 e. The minimum absolute atomic E-state index is 0.000156. The molecule has 0 radical (unpaired) electrons. The molecule has 4 aromatic rings. The Morgan fingerprint density at radius 2 is 1.80 bits per heavy atom. The van der Waals surface area contributed by atoms with Crippen LogP contribution in [0.1, 0.15) is 32.8 Å². The minimum Gasteiger partial charge on any atom is -0.369 e. The maximum atomic E-state index is 12.8. The molecular formula is C25H27BrClN5O2S. The van der Waals surface area contributed by atoms with E-state index < -0.39 is 10.0 Å². The van der Waals surface area contributed by atoms with Crippen LogP contribution in [0, 0.1) is 0 Å². The lowest BCUT2D eigenvalue weighted by Crippen LogP contribution is -2.29. The first-order chi connectivity index (χ1) is 16.6. The Kier molecular flexibility index (Phi) is 7.51. The molecule has 0 fully saturated rings. The molecule has 0 spiro atoms. The van der Waals surface area contributed by atoms with Crippen molar-refractivity contribution >= 4 is 49.0 Å². The van der Waals surface area contributed by atoms with Crippen molar-refractivity contribution in [1.82, 2.24) is 19.3 Å². The van der Waals surface area contributed by atoms with Crippen LogP contribution < -0.4 is 10.0 Å². The van der Waals surface area contributed by atoms with Crippen LogP contribution in [0.3, 0.4) is 0 Å². The van der Waals surface area contributed by atoms with Crippen molar-refractivity contribution < 1.29 is 8.42 Å². The zero-order chi connectivity index (χ0) is 25.2. The van der Waals surface area contributed by atoms with Gasteiger partial charge in [0.1, 0.15) is 5.82 Å². The van der Waals surface area contributed by atoms with Crippen LogP contribution in [0.5, 0.6) is 0 Å². The van der Waals surface area contributed by atoms with Crippen LogP contribution in [0.15, 0.2) is 70.2 Å². The smallest absolute Gasteiger partial charge is 0.240 e. The highest BCUT2D eigenvalue weighted by Gasteiger charge is 2.20. The second-order valence-corrected chi connectivity index (χ2v) is 11.8. The van der Waals surface area contributed by atoms with Crippen molar-refractivity contribution in [3.63, 3.8) is 0 Å². The Morgan fingerprint density at radius 1 is 1.09 bits per heavy atom. The van der Waals surface area contributed by atoms with E-state index in [1.807, 2.05) is 42.5 Å². The second-order valence-electron chi connectivity index (χ2n) is 8.82. The third-order valence-electron chi connectivity index (χ3n) is 6.13. The van der Waals surface area contributed by atoms with Gasteiger partial charge in [-0.25, -0.2) is 18.1 Å². The summed E-state index contributed by atoms with van der Waals surface area (Å²) < 4.78 is 30.6. The van der Waals surface area contributed by atoms with Gasteiger partial charge in [-0.2, -0.15) is 9.61 Å². The van der Waals surface area contributed by atoms with Gasteiger partial charge in [0, 0.05) is 29.7 Å². The molecule has 0 aliphatic rings.